The Bertz CT molecular complexity index is 1260. The number of rotatable bonds is 10. The number of hydrogen-bond donors (Lipinski definition) is 4. The van der Waals surface area contributed by atoms with Gasteiger partial charge in [0.15, 0.2) is 6.61 Å². The molecule has 0 radical (unpaired) electrons. The van der Waals surface area contributed by atoms with Crippen molar-refractivity contribution in [1.82, 2.24) is 10.3 Å². The van der Waals surface area contributed by atoms with E-state index in [9.17, 15) is 14.7 Å². The van der Waals surface area contributed by atoms with E-state index >= 15 is 0 Å². The van der Waals surface area contributed by atoms with Gasteiger partial charge >= 0.3 is 5.97 Å². The number of nitrogens with one attached hydrogen (secondary N) is 3. The molecule has 1 aromatic heterocycles. The summed E-state index contributed by atoms with van der Waals surface area (Å²) in [4.78, 5) is 27.1. The van der Waals surface area contributed by atoms with Crippen LogP contribution in [0.5, 0.6) is 5.75 Å². The molecule has 0 unspecified atom stereocenters. The SMILES string of the molecule is Cc1ccc(NC(=O)COc2ccc(CN[C@H](Cc3c[nH]c4ccccc34)C(=O)O)cc2)cc1. The summed E-state index contributed by atoms with van der Waals surface area (Å²) in [5, 5.41) is 16.6. The van der Waals surface area contributed by atoms with Crippen molar-refractivity contribution < 1.29 is 19.4 Å². The summed E-state index contributed by atoms with van der Waals surface area (Å²) in [5.41, 5.74) is 4.72. The van der Waals surface area contributed by atoms with Gasteiger partial charge in [0.2, 0.25) is 0 Å². The standard InChI is InChI=1S/C27H27N3O4/c1-18-6-10-21(11-7-18)30-26(31)17-34-22-12-8-19(9-13-22)15-28-25(27(32)33)14-20-16-29-24-5-3-2-4-23(20)24/h2-13,16,25,28-29H,14-15,17H2,1H3,(H,30,31)(H,32,33)/t25-/m1/s1. The number of para-hydroxylation sites is 1. The second-order valence-corrected chi connectivity index (χ2v) is 8.18. The number of ether oxygens (including phenoxy) is 1. The first-order valence-electron chi connectivity index (χ1n) is 11.1. The van der Waals surface area contributed by atoms with Gasteiger partial charge < -0.3 is 25.5 Å². The van der Waals surface area contributed by atoms with E-state index in [2.05, 4.69) is 15.6 Å². The van der Waals surface area contributed by atoms with Crippen LogP contribution in [0.2, 0.25) is 0 Å². The maximum absolute atomic E-state index is 12.1. The molecule has 3 aromatic carbocycles. The lowest BCUT2D eigenvalue weighted by atomic mass is 10.0. The number of hydrogen-bond acceptors (Lipinski definition) is 4. The summed E-state index contributed by atoms with van der Waals surface area (Å²) in [7, 11) is 0. The molecule has 1 atom stereocenters. The number of carbonyl (C=O) groups is 2. The van der Waals surface area contributed by atoms with E-state index in [1.807, 2.05) is 73.8 Å². The molecule has 4 N–H and O–H groups in total. The number of carboxylic acids is 1. The average Bonchev–Trinajstić information content (AvgIpc) is 3.25. The van der Waals surface area contributed by atoms with Crippen molar-refractivity contribution in [1.29, 1.82) is 0 Å². The Labute approximate surface area is 197 Å². The zero-order chi connectivity index (χ0) is 23.9. The quantitative estimate of drug-likeness (QED) is 0.285. The maximum Gasteiger partial charge on any atom is 0.321 e. The topological polar surface area (TPSA) is 103 Å². The first kappa shape index (κ1) is 23.1. The highest BCUT2D eigenvalue weighted by Gasteiger charge is 2.19. The second kappa shape index (κ2) is 10.7. The van der Waals surface area contributed by atoms with Crippen LogP contribution >= 0.6 is 0 Å². The summed E-state index contributed by atoms with van der Waals surface area (Å²) < 4.78 is 5.56. The van der Waals surface area contributed by atoms with E-state index in [0.717, 1.165) is 33.3 Å². The van der Waals surface area contributed by atoms with E-state index in [0.29, 0.717) is 18.7 Å². The Morgan fingerprint density at radius 2 is 1.74 bits per heavy atom. The molecule has 7 heteroatoms. The number of H-pyrrole nitrogens is 1. The summed E-state index contributed by atoms with van der Waals surface area (Å²) >= 11 is 0. The zero-order valence-electron chi connectivity index (χ0n) is 18.9. The molecule has 0 saturated carbocycles. The first-order valence-corrected chi connectivity index (χ1v) is 11.1. The van der Waals surface area contributed by atoms with Crippen LogP contribution in [0.4, 0.5) is 5.69 Å². The molecule has 7 nitrogen and oxygen atoms in total. The normalized spacial score (nSPS) is 11.8. The van der Waals surface area contributed by atoms with Crippen LogP contribution in [0, 0.1) is 6.92 Å². The predicted molar refractivity (Wildman–Crippen MR) is 132 cm³/mol. The van der Waals surface area contributed by atoms with Gasteiger partial charge in [-0.15, -0.1) is 0 Å². The van der Waals surface area contributed by atoms with Gasteiger partial charge in [0, 0.05) is 35.8 Å². The lowest BCUT2D eigenvalue weighted by Crippen LogP contribution is -2.38. The number of aliphatic carboxylic acids is 1. The summed E-state index contributed by atoms with van der Waals surface area (Å²) in [6.45, 7) is 2.28. The summed E-state index contributed by atoms with van der Waals surface area (Å²) in [6.07, 6.45) is 2.24. The van der Waals surface area contributed by atoms with Crippen molar-refractivity contribution in [2.24, 2.45) is 0 Å². The summed E-state index contributed by atoms with van der Waals surface area (Å²) in [5.74, 6) is -0.572. The highest BCUT2D eigenvalue weighted by molar-refractivity contribution is 5.91. The average molecular weight is 458 g/mol. The molecule has 0 aliphatic carbocycles. The minimum Gasteiger partial charge on any atom is -0.484 e. The van der Waals surface area contributed by atoms with E-state index in [-0.39, 0.29) is 12.5 Å². The van der Waals surface area contributed by atoms with Crippen molar-refractivity contribution in [3.8, 4) is 5.75 Å². The number of benzene rings is 3. The van der Waals surface area contributed by atoms with Gasteiger partial charge in [0.25, 0.3) is 5.91 Å². The number of aromatic nitrogens is 1. The van der Waals surface area contributed by atoms with Crippen LogP contribution in [0.3, 0.4) is 0 Å². The molecule has 34 heavy (non-hydrogen) atoms. The van der Waals surface area contributed by atoms with Crippen molar-refractivity contribution >= 4 is 28.5 Å². The molecular weight excluding hydrogens is 430 g/mol. The van der Waals surface area contributed by atoms with Gasteiger partial charge in [-0.1, -0.05) is 48.0 Å². The Morgan fingerprint density at radius 1 is 1.00 bits per heavy atom. The molecule has 174 valence electrons. The molecule has 4 aromatic rings. The van der Waals surface area contributed by atoms with Crippen LogP contribution in [0.1, 0.15) is 16.7 Å². The Balaban J connectivity index is 1.27. The fourth-order valence-corrected chi connectivity index (χ4v) is 3.69. The van der Waals surface area contributed by atoms with Crippen LogP contribution < -0.4 is 15.4 Å². The van der Waals surface area contributed by atoms with E-state index in [1.54, 1.807) is 12.1 Å². The predicted octanol–water partition coefficient (Wildman–Crippen LogP) is 4.28. The van der Waals surface area contributed by atoms with Gasteiger partial charge in [0.05, 0.1) is 0 Å². The second-order valence-electron chi connectivity index (χ2n) is 8.18. The minimum atomic E-state index is -0.898. The zero-order valence-corrected chi connectivity index (χ0v) is 18.9. The van der Waals surface area contributed by atoms with E-state index < -0.39 is 12.0 Å². The number of carbonyl (C=O) groups excluding carboxylic acids is 1. The number of fused-ring (bicyclic) bond motifs is 1. The third-order valence-corrected chi connectivity index (χ3v) is 5.58. The monoisotopic (exact) mass is 457 g/mol. The van der Waals surface area contributed by atoms with E-state index in [4.69, 9.17) is 4.74 Å². The van der Waals surface area contributed by atoms with Crippen molar-refractivity contribution in [2.75, 3.05) is 11.9 Å². The largest absolute Gasteiger partial charge is 0.484 e. The van der Waals surface area contributed by atoms with Crippen molar-refractivity contribution in [3.63, 3.8) is 0 Å². The lowest BCUT2D eigenvalue weighted by molar-refractivity contribution is -0.139. The highest BCUT2D eigenvalue weighted by Crippen LogP contribution is 2.19. The van der Waals surface area contributed by atoms with Gasteiger partial charge in [-0.25, -0.2) is 0 Å². The summed E-state index contributed by atoms with van der Waals surface area (Å²) in [6, 6.07) is 21.9. The molecule has 1 amide bonds. The van der Waals surface area contributed by atoms with Gasteiger partial charge in [-0.2, -0.15) is 0 Å². The molecule has 0 aliphatic heterocycles. The number of amides is 1. The number of carboxylic acid groups (broad SMARTS) is 1. The van der Waals surface area contributed by atoms with Crippen LogP contribution in [-0.4, -0.2) is 34.6 Å². The number of aromatic amines is 1. The van der Waals surface area contributed by atoms with Crippen molar-refractivity contribution in [3.05, 3.63) is 95.7 Å². The molecule has 0 aliphatic rings. The Kier molecular flexibility index (Phi) is 7.25. The number of anilines is 1. The maximum atomic E-state index is 12.1. The van der Waals surface area contributed by atoms with Crippen LogP contribution in [0.25, 0.3) is 10.9 Å². The molecule has 0 saturated heterocycles. The third-order valence-electron chi connectivity index (χ3n) is 5.58. The lowest BCUT2D eigenvalue weighted by Gasteiger charge is -2.14. The first-order chi connectivity index (χ1) is 16.5. The van der Waals surface area contributed by atoms with Crippen LogP contribution in [-0.2, 0) is 22.6 Å². The number of aryl methyl sites for hydroxylation is 1. The van der Waals surface area contributed by atoms with E-state index in [1.165, 1.54) is 0 Å². The smallest absolute Gasteiger partial charge is 0.321 e. The van der Waals surface area contributed by atoms with Gasteiger partial charge in [0.1, 0.15) is 11.8 Å². The third kappa shape index (κ3) is 6.02. The fourth-order valence-electron chi connectivity index (χ4n) is 3.69. The highest BCUT2D eigenvalue weighted by atomic mass is 16.5. The molecule has 0 spiro atoms. The fraction of sp³-hybridized carbons (Fsp3) is 0.185. The Hall–Kier alpha value is -4.10. The minimum absolute atomic E-state index is 0.100. The van der Waals surface area contributed by atoms with Crippen molar-refractivity contribution in [2.45, 2.75) is 25.9 Å². The van der Waals surface area contributed by atoms with Gasteiger partial charge in [-0.05, 0) is 48.4 Å². The molecular formula is C27H27N3O4. The van der Waals surface area contributed by atoms with Crippen LogP contribution in [0.15, 0.2) is 79.0 Å². The van der Waals surface area contributed by atoms with Gasteiger partial charge in [-0.3, -0.25) is 9.59 Å². The molecule has 1 heterocycles. The molecule has 4 rings (SSSR count). The molecule has 0 fully saturated rings. The Morgan fingerprint density at radius 3 is 2.47 bits per heavy atom. The molecule has 0 bridgehead atoms.